The number of ether oxygens (including phenoxy) is 1. The molecule has 1 fully saturated rings. The highest BCUT2D eigenvalue weighted by molar-refractivity contribution is 5.49. The van der Waals surface area contributed by atoms with E-state index in [1.807, 2.05) is 13.1 Å². The number of nitrogens with zero attached hydrogens (tertiary/aromatic N) is 1. The molecule has 0 unspecified atom stereocenters. The lowest BCUT2D eigenvalue weighted by molar-refractivity contribution is 0.377. The Morgan fingerprint density at radius 3 is 2.72 bits per heavy atom. The molecule has 100 valence electrons. The Kier molecular flexibility index (Phi) is 4.42. The van der Waals surface area contributed by atoms with Crippen LogP contribution in [0.2, 0.25) is 0 Å². The van der Waals surface area contributed by atoms with E-state index in [1.165, 1.54) is 20.0 Å². The van der Waals surface area contributed by atoms with Crippen LogP contribution >= 0.6 is 0 Å². The zero-order chi connectivity index (χ0) is 13.0. The molecule has 0 aromatic heterocycles. The van der Waals surface area contributed by atoms with Crippen molar-refractivity contribution in [3.63, 3.8) is 0 Å². The van der Waals surface area contributed by atoms with E-state index in [0.29, 0.717) is 11.7 Å². The Balaban J connectivity index is 1.99. The van der Waals surface area contributed by atoms with Crippen molar-refractivity contribution < 1.29 is 9.13 Å². The van der Waals surface area contributed by atoms with E-state index in [0.717, 1.165) is 25.3 Å². The summed E-state index contributed by atoms with van der Waals surface area (Å²) in [6.45, 7) is 3.17. The first-order valence-corrected chi connectivity index (χ1v) is 6.46. The molecule has 3 nitrogen and oxygen atoms in total. The van der Waals surface area contributed by atoms with Crippen LogP contribution in [-0.2, 0) is 0 Å². The summed E-state index contributed by atoms with van der Waals surface area (Å²) in [4.78, 5) is 2.12. The van der Waals surface area contributed by atoms with Gasteiger partial charge in [-0.15, -0.1) is 0 Å². The molecule has 1 N–H and O–H groups in total. The quantitative estimate of drug-likeness (QED) is 0.889. The Morgan fingerprint density at radius 1 is 1.39 bits per heavy atom. The number of hydrogen-bond donors (Lipinski definition) is 1. The van der Waals surface area contributed by atoms with Gasteiger partial charge in [-0.1, -0.05) is 0 Å². The minimum Gasteiger partial charge on any atom is -0.494 e. The minimum absolute atomic E-state index is 0.299. The van der Waals surface area contributed by atoms with Crippen molar-refractivity contribution in [3.8, 4) is 5.75 Å². The number of hydrogen-bond acceptors (Lipinski definition) is 3. The van der Waals surface area contributed by atoms with E-state index >= 15 is 0 Å². The number of piperidine rings is 1. The third-order valence-corrected chi connectivity index (χ3v) is 3.57. The van der Waals surface area contributed by atoms with Crippen molar-refractivity contribution in [1.82, 2.24) is 5.32 Å². The molecular formula is C14H21FN2O. The molecule has 0 radical (unpaired) electrons. The maximum atomic E-state index is 13.6. The molecule has 1 heterocycles. The van der Waals surface area contributed by atoms with Crippen LogP contribution in [0.5, 0.6) is 5.75 Å². The van der Waals surface area contributed by atoms with Gasteiger partial charge in [0.2, 0.25) is 0 Å². The van der Waals surface area contributed by atoms with Gasteiger partial charge in [-0.3, -0.25) is 0 Å². The fourth-order valence-electron chi connectivity index (χ4n) is 2.45. The van der Waals surface area contributed by atoms with E-state index in [4.69, 9.17) is 4.74 Å². The Labute approximate surface area is 108 Å². The summed E-state index contributed by atoms with van der Waals surface area (Å²) in [6.07, 6.45) is 2.39. The third-order valence-electron chi connectivity index (χ3n) is 3.57. The zero-order valence-corrected chi connectivity index (χ0v) is 11.1. The van der Waals surface area contributed by atoms with Gasteiger partial charge in [-0.25, -0.2) is 4.39 Å². The van der Waals surface area contributed by atoms with Crippen LogP contribution in [0.1, 0.15) is 12.8 Å². The number of nitrogens with one attached hydrogen (secondary N) is 1. The molecule has 1 aromatic carbocycles. The summed E-state index contributed by atoms with van der Waals surface area (Å²) >= 11 is 0. The number of methoxy groups -OCH3 is 1. The van der Waals surface area contributed by atoms with Gasteiger partial charge >= 0.3 is 0 Å². The second kappa shape index (κ2) is 6.05. The summed E-state index contributed by atoms with van der Waals surface area (Å²) in [5.41, 5.74) is 0.909. The second-order valence-corrected chi connectivity index (χ2v) is 4.89. The van der Waals surface area contributed by atoms with Crippen molar-refractivity contribution in [2.75, 3.05) is 38.7 Å². The first kappa shape index (κ1) is 13.1. The number of rotatable bonds is 4. The zero-order valence-electron chi connectivity index (χ0n) is 11.1. The van der Waals surface area contributed by atoms with Gasteiger partial charge in [0.1, 0.15) is 0 Å². The Morgan fingerprint density at radius 2 is 2.11 bits per heavy atom. The van der Waals surface area contributed by atoms with Crippen LogP contribution in [0, 0.1) is 11.7 Å². The largest absolute Gasteiger partial charge is 0.494 e. The minimum atomic E-state index is -0.299. The summed E-state index contributed by atoms with van der Waals surface area (Å²) in [5, 5.41) is 3.36. The van der Waals surface area contributed by atoms with Crippen LogP contribution in [-0.4, -0.2) is 33.8 Å². The molecule has 0 atom stereocenters. The Bertz CT molecular complexity index is 391. The van der Waals surface area contributed by atoms with Crippen molar-refractivity contribution in [1.29, 1.82) is 0 Å². The maximum absolute atomic E-state index is 13.6. The SMILES string of the molecule is COc1ccc(N(C)CC2CCNCC2)cc1F. The van der Waals surface area contributed by atoms with Gasteiger partial charge in [0.15, 0.2) is 11.6 Å². The molecule has 0 bridgehead atoms. The molecule has 0 aliphatic carbocycles. The van der Waals surface area contributed by atoms with Gasteiger partial charge in [-0.2, -0.15) is 0 Å². The topological polar surface area (TPSA) is 24.5 Å². The van der Waals surface area contributed by atoms with E-state index in [2.05, 4.69) is 10.2 Å². The van der Waals surface area contributed by atoms with E-state index < -0.39 is 0 Å². The summed E-state index contributed by atoms with van der Waals surface area (Å²) < 4.78 is 18.6. The van der Waals surface area contributed by atoms with Gasteiger partial charge in [0.05, 0.1) is 7.11 Å². The number of benzene rings is 1. The number of halogens is 1. The molecule has 1 aliphatic rings. The molecule has 2 rings (SSSR count). The van der Waals surface area contributed by atoms with Crippen LogP contribution in [0.25, 0.3) is 0 Å². The van der Waals surface area contributed by atoms with Crippen LogP contribution in [0.15, 0.2) is 18.2 Å². The highest BCUT2D eigenvalue weighted by Crippen LogP contribution is 2.24. The fraction of sp³-hybridized carbons (Fsp3) is 0.571. The smallest absolute Gasteiger partial charge is 0.167 e. The highest BCUT2D eigenvalue weighted by atomic mass is 19.1. The first-order valence-electron chi connectivity index (χ1n) is 6.46. The predicted octanol–water partition coefficient (Wildman–Crippen LogP) is 2.27. The maximum Gasteiger partial charge on any atom is 0.167 e. The van der Waals surface area contributed by atoms with Crippen molar-refractivity contribution in [2.45, 2.75) is 12.8 Å². The van der Waals surface area contributed by atoms with Gasteiger partial charge in [-0.05, 0) is 44.0 Å². The third kappa shape index (κ3) is 3.13. The van der Waals surface area contributed by atoms with E-state index in [9.17, 15) is 4.39 Å². The molecule has 0 spiro atoms. The van der Waals surface area contributed by atoms with E-state index in [1.54, 1.807) is 12.1 Å². The molecule has 1 saturated heterocycles. The summed E-state index contributed by atoms with van der Waals surface area (Å²) in [7, 11) is 3.50. The molecule has 18 heavy (non-hydrogen) atoms. The lowest BCUT2D eigenvalue weighted by Crippen LogP contribution is -2.34. The highest BCUT2D eigenvalue weighted by Gasteiger charge is 2.16. The lowest BCUT2D eigenvalue weighted by atomic mass is 9.97. The molecule has 0 saturated carbocycles. The van der Waals surface area contributed by atoms with Crippen molar-refractivity contribution in [3.05, 3.63) is 24.0 Å². The monoisotopic (exact) mass is 252 g/mol. The Hall–Kier alpha value is -1.29. The molecule has 1 aliphatic heterocycles. The summed E-state index contributed by atoms with van der Waals surface area (Å²) in [6, 6.07) is 5.13. The van der Waals surface area contributed by atoms with Crippen molar-refractivity contribution >= 4 is 5.69 Å². The van der Waals surface area contributed by atoms with Gasteiger partial charge < -0.3 is 15.0 Å². The van der Waals surface area contributed by atoms with Crippen LogP contribution in [0.4, 0.5) is 10.1 Å². The fourth-order valence-corrected chi connectivity index (χ4v) is 2.45. The predicted molar refractivity (Wildman–Crippen MR) is 71.8 cm³/mol. The molecule has 1 aromatic rings. The first-order chi connectivity index (χ1) is 8.70. The molecular weight excluding hydrogens is 231 g/mol. The molecule has 4 heteroatoms. The van der Waals surface area contributed by atoms with Gasteiger partial charge in [0, 0.05) is 25.3 Å². The van der Waals surface area contributed by atoms with Crippen LogP contribution in [0.3, 0.4) is 0 Å². The summed E-state index contributed by atoms with van der Waals surface area (Å²) in [5.74, 6) is 0.697. The number of anilines is 1. The molecule has 0 amide bonds. The average molecular weight is 252 g/mol. The van der Waals surface area contributed by atoms with Crippen LogP contribution < -0.4 is 15.0 Å². The lowest BCUT2D eigenvalue weighted by Gasteiger charge is -2.29. The van der Waals surface area contributed by atoms with Gasteiger partial charge in [0.25, 0.3) is 0 Å². The second-order valence-electron chi connectivity index (χ2n) is 4.89. The average Bonchev–Trinajstić information content (AvgIpc) is 2.39. The van der Waals surface area contributed by atoms with Crippen molar-refractivity contribution in [2.24, 2.45) is 5.92 Å². The standard InChI is InChI=1S/C14H21FN2O/c1-17(10-11-5-7-16-8-6-11)12-3-4-14(18-2)13(15)9-12/h3-4,9,11,16H,5-8,10H2,1-2H3. The van der Waals surface area contributed by atoms with E-state index in [-0.39, 0.29) is 5.82 Å². The normalized spacial score (nSPS) is 16.6.